The van der Waals surface area contributed by atoms with Crippen LogP contribution in [-0.2, 0) is 0 Å². The zero-order chi connectivity index (χ0) is 9.97. The molecular weight excluding hydrogens is 293 g/mol. The first-order valence-corrected chi connectivity index (χ1v) is 5.64. The van der Waals surface area contributed by atoms with Crippen LogP contribution >= 0.6 is 22.6 Å². The van der Waals surface area contributed by atoms with Gasteiger partial charge in [0.1, 0.15) is 18.0 Å². The van der Waals surface area contributed by atoms with Crippen molar-refractivity contribution in [2.75, 3.05) is 13.1 Å². The molecule has 2 rings (SSSR count). The second-order valence-corrected chi connectivity index (χ2v) is 4.58. The van der Waals surface area contributed by atoms with Gasteiger partial charge in [-0.1, -0.05) is 0 Å². The molecule has 76 valence electrons. The van der Waals surface area contributed by atoms with E-state index in [0.29, 0.717) is 13.1 Å². The standard InChI is InChI=1S/C10H12INO2/c11-7-1-3-8(4-2-7)14-10-6-12-5-9(10)13/h1-4,9-10,12-13H,5-6H2. The average molecular weight is 305 g/mol. The van der Waals surface area contributed by atoms with Crippen LogP contribution in [0.25, 0.3) is 0 Å². The minimum atomic E-state index is -0.394. The van der Waals surface area contributed by atoms with Gasteiger partial charge in [-0.05, 0) is 46.9 Å². The van der Waals surface area contributed by atoms with Gasteiger partial charge in [0, 0.05) is 16.7 Å². The van der Waals surface area contributed by atoms with Crippen molar-refractivity contribution in [2.24, 2.45) is 0 Å². The Kier molecular flexibility index (Phi) is 3.25. The molecule has 2 unspecified atom stereocenters. The zero-order valence-electron chi connectivity index (χ0n) is 7.61. The Hall–Kier alpha value is -0.330. The van der Waals surface area contributed by atoms with Crippen LogP contribution in [0, 0.1) is 3.57 Å². The van der Waals surface area contributed by atoms with Crippen molar-refractivity contribution in [3.05, 3.63) is 27.8 Å². The first-order valence-electron chi connectivity index (χ1n) is 4.57. The first-order chi connectivity index (χ1) is 6.75. The van der Waals surface area contributed by atoms with E-state index in [1.807, 2.05) is 24.3 Å². The van der Waals surface area contributed by atoms with Gasteiger partial charge < -0.3 is 15.2 Å². The molecule has 0 amide bonds. The summed E-state index contributed by atoms with van der Waals surface area (Å²) in [5.41, 5.74) is 0. The summed E-state index contributed by atoms with van der Waals surface area (Å²) in [7, 11) is 0. The van der Waals surface area contributed by atoms with Crippen LogP contribution < -0.4 is 10.1 Å². The molecule has 0 bridgehead atoms. The molecule has 1 heterocycles. The summed E-state index contributed by atoms with van der Waals surface area (Å²) in [5, 5.41) is 12.6. The molecule has 4 heteroatoms. The summed E-state index contributed by atoms with van der Waals surface area (Å²) in [5.74, 6) is 0.818. The van der Waals surface area contributed by atoms with Crippen LogP contribution in [0.1, 0.15) is 0 Å². The van der Waals surface area contributed by atoms with Gasteiger partial charge in [0.2, 0.25) is 0 Å². The van der Waals surface area contributed by atoms with Crippen molar-refractivity contribution < 1.29 is 9.84 Å². The Morgan fingerprint density at radius 2 is 2.00 bits per heavy atom. The normalized spacial score (nSPS) is 26.4. The predicted molar refractivity (Wildman–Crippen MR) is 62.5 cm³/mol. The molecule has 1 aliphatic heterocycles. The molecule has 1 fully saturated rings. The van der Waals surface area contributed by atoms with Gasteiger partial charge in [-0.15, -0.1) is 0 Å². The van der Waals surface area contributed by atoms with E-state index >= 15 is 0 Å². The van der Waals surface area contributed by atoms with Gasteiger partial charge in [-0.25, -0.2) is 0 Å². The van der Waals surface area contributed by atoms with Gasteiger partial charge in [-0.3, -0.25) is 0 Å². The molecule has 1 saturated heterocycles. The highest BCUT2D eigenvalue weighted by molar-refractivity contribution is 14.1. The number of hydrogen-bond donors (Lipinski definition) is 2. The highest BCUT2D eigenvalue weighted by Crippen LogP contribution is 2.17. The lowest BCUT2D eigenvalue weighted by molar-refractivity contribution is 0.0737. The van der Waals surface area contributed by atoms with Crippen molar-refractivity contribution >= 4 is 22.6 Å². The highest BCUT2D eigenvalue weighted by Gasteiger charge is 2.26. The van der Waals surface area contributed by atoms with Gasteiger partial charge in [0.05, 0.1) is 0 Å². The summed E-state index contributed by atoms with van der Waals surface area (Å²) in [6.07, 6.45) is -0.510. The average Bonchev–Trinajstić information content (AvgIpc) is 2.56. The number of ether oxygens (including phenoxy) is 1. The van der Waals surface area contributed by atoms with E-state index in [9.17, 15) is 5.11 Å². The minimum absolute atomic E-state index is 0.116. The lowest BCUT2D eigenvalue weighted by atomic mass is 10.2. The molecule has 0 radical (unpaired) electrons. The van der Waals surface area contributed by atoms with Crippen LogP contribution in [0.5, 0.6) is 5.75 Å². The molecule has 2 atom stereocenters. The Labute approximate surface area is 96.6 Å². The maximum atomic E-state index is 9.52. The minimum Gasteiger partial charge on any atom is -0.486 e. The SMILES string of the molecule is OC1CNCC1Oc1ccc(I)cc1. The number of hydrogen-bond acceptors (Lipinski definition) is 3. The Bertz CT molecular complexity index is 301. The molecule has 0 aliphatic carbocycles. The highest BCUT2D eigenvalue weighted by atomic mass is 127. The van der Waals surface area contributed by atoms with E-state index in [-0.39, 0.29) is 6.10 Å². The molecule has 3 nitrogen and oxygen atoms in total. The fourth-order valence-electron chi connectivity index (χ4n) is 1.45. The van der Waals surface area contributed by atoms with E-state index in [1.165, 1.54) is 3.57 Å². The third kappa shape index (κ3) is 2.37. The van der Waals surface area contributed by atoms with Crippen molar-refractivity contribution in [3.63, 3.8) is 0 Å². The maximum Gasteiger partial charge on any atom is 0.138 e. The van der Waals surface area contributed by atoms with E-state index < -0.39 is 6.10 Å². The summed E-state index contributed by atoms with van der Waals surface area (Å²) in [6, 6.07) is 7.83. The van der Waals surface area contributed by atoms with E-state index in [1.54, 1.807) is 0 Å². The largest absolute Gasteiger partial charge is 0.486 e. The monoisotopic (exact) mass is 305 g/mol. The molecule has 1 aromatic rings. The molecular formula is C10H12INO2. The van der Waals surface area contributed by atoms with Crippen molar-refractivity contribution in [3.8, 4) is 5.75 Å². The van der Waals surface area contributed by atoms with Gasteiger partial charge in [0.15, 0.2) is 0 Å². The second-order valence-electron chi connectivity index (χ2n) is 3.34. The first kappa shape index (κ1) is 10.2. The van der Waals surface area contributed by atoms with Crippen molar-refractivity contribution in [1.29, 1.82) is 0 Å². The number of aliphatic hydroxyl groups excluding tert-OH is 1. The van der Waals surface area contributed by atoms with Gasteiger partial charge in [-0.2, -0.15) is 0 Å². The third-order valence-corrected chi connectivity index (χ3v) is 2.95. The van der Waals surface area contributed by atoms with Crippen LogP contribution in [0.4, 0.5) is 0 Å². The molecule has 1 aromatic carbocycles. The Morgan fingerprint density at radius 3 is 2.57 bits per heavy atom. The third-order valence-electron chi connectivity index (χ3n) is 2.23. The number of nitrogens with one attached hydrogen (secondary N) is 1. The number of benzene rings is 1. The number of halogens is 1. The molecule has 0 aromatic heterocycles. The summed E-state index contributed by atoms with van der Waals surface area (Å²) < 4.78 is 6.81. The molecule has 0 saturated carbocycles. The molecule has 0 spiro atoms. The summed E-state index contributed by atoms with van der Waals surface area (Å²) >= 11 is 2.25. The van der Waals surface area contributed by atoms with Crippen LogP contribution in [-0.4, -0.2) is 30.4 Å². The quantitative estimate of drug-likeness (QED) is 0.801. The lowest BCUT2D eigenvalue weighted by Gasteiger charge is -2.15. The maximum absolute atomic E-state index is 9.52. The number of aliphatic hydroxyl groups is 1. The van der Waals surface area contributed by atoms with Crippen LogP contribution in [0.15, 0.2) is 24.3 Å². The van der Waals surface area contributed by atoms with Crippen molar-refractivity contribution in [2.45, 2.75) is 12.2 Å². The number of β-amino-alcohol motifs (C(OH)–C–C–N with tert-alkyl or cyclic N) is 1. The van der Waals surface area contributed by atoms with Crippen molar-refractivity contribution in [1.82, 2.24) is 5.32 Å². The van der Waals surface area contributed by atoms with E-state index in [4.69, 9.17) is 4.74 Å². The molecule has 1 aliphatic rings. The summed E-state index contributed by atoms with van der Waals surface area (Å²) in [4.78, 5) is 0. The molecule has 2 N–H and O–H groups in total. The van der Waals surface area contributed by atoms with E-state index in [2.05, 4.69) is 27.9 Å². The van der Waals surface area contributed by atoms with Gasteiger partial charge >= 0.3 is 0 Å². The number of rotatable bonds is 2. The predicted octanol–water partition coefficient (Wildman–Crippen LogP) is 1.00. The fourth-order valence-corrected chi connectivity index (χ4v) is 1.81. The molecule has 14 heavy (non-hydrogen) atoms. The zero-order valence-corrected chi connectivity index (χ0v) is 9.77. The Morgan fingerprint density at radius 1 is 1.29 bits per heavy atom. The lowest BCUT2D eigenvalue weighted by Crippen LogP contribution is -2.29. The van der Waals surface area contributed by atoms with E-state index in [0.717, 1.165) is 5.75 Å². The topological polar surface area (TPSA) is 41.5 Å². The second kappa shape index (κ2) is 4.46. The van der Waals surface area contributed by atoms with Crippen LogP contribution in [0.3, 0.4) is 0 Å². The van der Waals surface area contributed by atoms with Gasteiger partial charge in [0.25, 0.3) is 0 Å². The summed E-state index contributed by atoms with van der Waals surface area (Å²) in [6.45, 7) is 1.34. The van der Waals surface area contributed by atoms with Crippen LogP contribution in [0.2, 0.25) is 0 Å². The Balaban J connectivity index is 2.00. The smallest absolute Gasteiger partial charge is 0.138 e. The fraction of sp³-hybridized carbons (Fsp3) is 0.400.